The summed E-state index contributed by atoms with van der Waals surface area (Å²) in [4.78, 5) is 33.7. The quantitative estimate of drug-likeness (QED) is 0.212. The summed E-state index contributed by atoms with van der Waals surface area (Å²) in [5, 5.41) is 5.78. The molecule has 2 amide bonds. The van der Waals surface area contributed by atoms with Gasteiger partial charge in [0.25, 0.3) is 11.8 Å². The predicted molar refractivity (Wildman–Crippen MR) is 157 cm³/mol. The van der Waals surface area contributed by atoms with Gasteiger partial charge in [-0.05, 0) is 66.7 Å². The maximum absolute atomic E-state index is 12.9. The second-order valence-electron chi connectivity index (χ2n) is 9.01. The van der Waals surface area contributed by atoms with Crippen molar-refractivity contribution in [1.82, 2.24) is 9.97 Å². The van der Waals surface area contributed by atoms with Crippen molar-refractivity contribution in [2.75, 3.05) is 39.1 Å². The van der Waals surface area contributed by atoms with Crippen molar-refractivity contribution < 1.29 is 28.5 Å². The first-order valence-electron chi connectivity index (χ1n) is 12.6. The van der Waals surface area contributed by atoms with E-state index < -0.39 is 0 Å². The third-order valence-corrected chi connectivity index (χ3v) is 6.38. The molecule has 0 saturated heterocycles. The van der Waals surface area contributed by atoms with Gasteiger partial charge >= 0.3 is 0 Å². The van der Waals surface area contributed by atoms with Gasteiger partial charge in [-0.3, -0.25) is 9.59 Å². The molecule has 0 unspecified atom stereocenters. The highest BCUT2D eigenvalue weighted by Gasteiger charge is 2.13. The van der Waals surface area contributed by atoms with Crippen molar-refractivity contribution in [2.45, 2.75) is 0 Å². The highest BCUT2D eigenvalue weighted by Crippen LogP contribution is 2.27. The molecule has 5 rings (SSSR count). The van der Waals surface area contributed by atoms with Gasteiger partial charge in [0.1, 0.15) is 28.8 Å². The molecule has 0 bridgehead atoms. The zero-order chi connectivity index (χ0) is 28.9. The van der Waals surface area contributed by atoms with Gasteiger partial charge in [0.2, 0.25) is 0 Å². The number of H-pyrrole nitrogens is 1. The number of benzene rings is 4. The number of carbonyl (C=O) groups excluding carboxylic acids is 2. The molecule has 0 spiro atoms. The Kier molecular flexibility index (Phi) is 7.73. The predicted octanol–water partition coefficient (Wildman–Crippen LogP) is 5.77. The summed E-state index contributed by atoms with van der Waals surface area (Å²) in [7, 11) is 6.13. The fourth-order valence-electron chi connectivity index (χ4n) is 4.22. The average Bonchev–Trinajstić information content (AvgIpc) is 3.44. The lowest BCUT2D eigenvalue weighted by Crippen LogP contribution is -2.12. The van der Waals surface area contributed by atoms with E-state index in [4.69, 9.17) is 18.9 Å². The molecule has 0 saturated carbocycles. The zero-order valence-corrected chi connectivity index (χ0v) is 22.9. The van der Waals surface area contributed by atoms with Crippen molar-refractivity contribution in [3.8, 4) is 34.4 Å². The number of amides is 2. The summed E-state index contributed by atoms with van der Waals surface area (Å²) in [6.07, 6.45) is 0. The van der Waals surface area contributed by atoms with Crippen molar-refractivity contribution in [2.24, 2.45) is 0 Å². The number of anilines is 2. The van der Waals surface area contributed by atoms with E-state index in [-0.39, 0.29) is 11.8 Å². The fourth-order valence-corrected chi connectivity index (χ4v) is 4.22. The molecule has 10 heteroatoms. The Bertz CT molecular complexity index is 1680. The molecule has 1 aromatic heterocycles. The molecule has 0 aliphatic carbocycles. The van der Waals surface area contributed by atoms with Crippen LogP contribution in [0.1, 0.15) is 20.7 Å². The summed E-state index contributed by atoms with van der Waals surface area (Å²) in [6, 6.07) is 22.7. The number of aromatic nitrogens is 2. The third kappa shape index (κ3) is 6.06. The van der Waals surface area contributed by atoms with E-state index in [9.17, 15) is 9.59 Å². The van der Waals surface area contributed by atoms with Crippen LogP contribution in [0.3, 0.4) is 0 Å². The molecular formula is C31H28N4O6. The molecule has 41 heavy (non-hydrogen) atoms. The summed E-state index contributed by atoms with van der Waals surface area (Å²) in [5.74, 6) is 2.16. The zero-order valence-electron chi connectivity index (χ0n) is 22.9. The average molecular weight is 553 g/mol. The van der Waals surface area contributed by atoms with Gasteiger partial charge in [0.05, 0.1) is 39.5 Å². The largest absolute Gasteiger partial charge is 0.497 e. The Morgan fingerprint density at radius 2 is 1.07 bits per heavy atom. The molecular weight excluding hydrogens is 524 g/mol. The lowest BCUT2D eigenvalue weighted by Gasteiger charge is -2.09. The number of carbonyl (C=O) groups is 2. The maximum atomic E-state index is 12.9. The Morgan fingerprint density at radius 1 is 0.610 bits per heavy atom. The van der Waals surface area contributed by atoms with Crippen LogP contribution < -0.4 is 29.6 Å². The molecule has 0 aliphatic rings. The van der Waals surface area contributed by atoms with Crippen LogP contribution in [-0.2, 0) is 0 Å². The van der Waals surface area contributed by atoms with Gasteiger partial charge in [-0.2, -0.15) is 0 Å². The number of nitrogens with zero attached hydrogens (tertiary/aromatic N) is 1. The molecule has 208 valence electrons. The number of methoxy groups -OCH3 is 4. The number of rotatable bonds is 9. The standard InChI is InChI=1S/C31H28N4O6/c1-38-23-11-19(12-24(16-23)39-2)30(36)32-21-7-5-18(6-8-21)29-34-27-10-9-22(15-28(27)35-29)33-31(37)20-13-25(40-3)17-26(14-20)41-4/h5-17H,1-4H3,(H,32,36)(H,33,37)(H,34,35). The number of imidazole rings is 1. The molecule has 5 aromatic rings. The van der Waals surface area contributed by atoms with Crippen LogP contribution >= 0.6 is 0 Å². The van der Waals surface area contributed by atoms with Crippen LogP contribution in [0.2, 0.25) is 0 Å². The Hall–Kier alpha value is -5.51. The lowest BCUT2D eigenvalue weighted by atomic mass is 10.1. The summed E-state index contributed by atoms with van der Waals surface area (Å²) < 4.78 is 21.0. The molecule has 10 nitrogen and oxygen atoms in total. The van der Waals surface area contributed by atoms with E-state index in [0.717, 1.165) is 16.6 Å². The van der Waals surface area contributed by atoms with Crippen LogP contribution in [0.5, 0.6) is 23.0 Å². The number of hydrogen-bond donors (Lipinski definition) is 3. The third-order valence-electron chi connectivity index (χ3n) is 6.38. The van der Waals surface area contributed by atoms with E-state index in [0.29, 0.717) is 51.3 Å². The minimum absolute atomic E-state index is 0.291. The smallest absolute Gasteiger partial charge is 0.255 e. The first-order chi connectivity index (χ1) is 19.9. The van der Waals surface area contributed by atoms with Crippen molar-refractivity contribution in [3.63, 3.8) is 0 Å². The topological polar surface area (TPSA) is 124 Å². The SMILES string of the molecule is COc1cc(OC)cc(C(=O)Nc2ccc(-c3nc4ccc(NC(=O)c5cc(OC)cc(OC)c5)cc4[nH]3)cc2)c1. The molecule has 0 atom stereocenters. The van der Waals surface area contributed by atoms with Crippen LogP contribution in [0.25, 0.3) is 22.4 Å². The van der Waals surface area contributed by atoms with Gasteiger partial charge in [-0.1, -0.05) is 0 Å². The molecule has 4 aromatic carbocycles. The molecule has 0 fully saturated rings. The lowest BCUT2D eigenvalue weighted by molar-refractivity contribution is 0.101. The second-order valence-corrected chi connectivity index (χ2v) is 9.01. The van der Waals surface area contributed by atoms with Gasteiger partial charge in [-0.15, -0.1) is 0 Å². The number of fused-ring (bicyclic) bond motifs is 1. The van der Waals surface area contributed by atoms with Gasteiger partial charge in [-0.25, -0.2) is 4.98 Å². The van der Waals surface area contributed by atoms with Crippen molar-refractivity contribution in [3.05, 3.63) is 90.0 Å². The Labute approximate surface area is 236 Å². The first-order valence-corrected chi connectivity index (χ1v) is 12.6. The van der Waals surface area contributed by atoms with Crippen LogP contribution in [0, 0.1) is 0 Å². The highest BCUT2D eigenvalue weighted by molar-refractivity contribution is 6.06. The van der Waals surface area contributed by atoms with E-state index in [1.165, 1.54) is 28.4 Å². The van der Waals surface area contributed by atoms with Crippen LogP contribution in [0.4, 0.5) is 11.4 Å². The van der Waals surface area contributed by atoms with Crippen LogP contribution in [-0.4, -0.2) is 50.2 Å². The van der Waals surface area contributed by atoms with Gasteiger partial charge in [0.15, 0.2) is 0 Å². The monoisotopic (exact) mass is 552 g/mol. The molecule has 1 heterocycles. The number of nitrogens with one attached hydrogen (secondary N) is 3. The van der Waals surface area contributed by atoms with E-state index >= 15 is 0 Å². The van der Waals surface area contributed by atoms with Gasteiger partial charge < -0.3 is 34.6 Å². The minimum Gasteiger partial charge on any atom is -0.497 e. The summed E-state index contributed by atoms with van der Waals surface area (Å²) >= 11 is 0. The molecule has 3 N–H and O–H groups in total. The van der Waals surface area contributed by atoms with Crippen molar-refractivity contribution >= 4 is 34.2 Å². The molecule has 0 radical (unpaired) electrons. The van der Waals surface area contributed by atoms with Crippen LogP contribution in [0.15, 0.2) is 78.9 Å². The first kappa shape index (κ1) is 27.1. The van der Waals surface area contributed by atoms with Gasteiger partial charge in [0, 0.05) is 40.2 Å². The van der Waals surface area contributed by atoms with E-state index in [2.05, 4.69) is 20.6 Å². The highest BCUT2D eigenvalue weighted by atomic mass is 16.5. The normalized spacial score (nSPS) is 10.6. The number of ether oxygens (including phenoxy) is 4. The second kappa shape index (κ2) is 11.7. The number of aromatic amines is 1. The Balaban J connectivity index is 1.30. The van der Waals surface area contributed by atoms with E-state index in [1.54, 1.807) is 54.6 Å². The van der Waals surface area contributed by atoms with E-state index in [1.807, 2.05) is 24.3 Å². The Morgan fingerprint density at radius 3 is 1.56 bits per heavy atom. The minimum atomic E-state index is -0.300. The van der Waals surface area contributed by atoms with Crippen molar-refractivity contribution in [1.29, 1.82) is 0 Å². The maximum Gasteiger partial charge on any atom is 0.255 e. The number of hydrogen-bond acceptors (Lipinski definition) is 7. The summed E-state index contributed by atoms with van der Waals surface area (Å²) in [5.41, 5.74) is 4.37. The molecule has 0 aliphatic heterocycles. The fraction of sp³-hybridized carbons (Fsp3) is 0.129. The summed E-state index contributed by atoms with van der Waals surface area (Å²) in [6.45, 7) is 0.